The molecule has 0 spiro atoms. The minimum Gasteiger partial charge on any atom is -0.334 e. The Morgan fingerprint density at radius 1 is 1.26 bits per heavy atom. The average Bonchev–Trinajstić information content (AvgIpc) is 2.77. The van der Waals surface area contributed by atoms with Crippen molar-refractivity contribution in [2.24, 2.45) is 0 Å². The van der Waals surface area contributed by atoms with Crippen LogP contribution in [0.15, 0.2) is 41.7 Å². The fourth-order valence-electron chi connectivity index (χ4n) is 1.83. The first-order valence-electron chi connectivity index (χ1n) is 6.00. The van der Waals surface area contributed by atoms with Crippen molar-refractivity contribution >= 4 is 9.84 Å². The van der Waals surface area contributed by atoms with Gasteiger partial charge in [-0.15, -0.1) is 0 Å². The first kappa shape index (κ1) is 13.7. The van der Waals surface area contributed by atoms with Crippen LogP contribution in [0.3, 0.4) is 0 Å². The molecule has 19 heavy (non-hydrogen) atoms. The van der Waals surface area contributed by atoms with Gasteiger partial charge in [-0.1, -0.05) is 6.92 Å². The predicted octanol–water partition coefficient (Wildman–Crippen LogP) is 2.41. The van der Waals surface area contributed by atoms with Crippen molar-refractivity contribution in [2.45, 2.75) is 30.5 Å². The Morgan fingerprint density at radius 2 is 1.95 bits per heavy atom. The van der Waals surface area contributed by atoms with Gasteiger partial charge in [0.25, 0.3) is 0 Å². The normalized spacial score (nSPS) is 11.7. The number of sulfone groups is 1. The topological polar surface area (TPSA) is 52.0 Å². The molecule has 1 aromatic heterocycles. The van der Waals surface area contributed by atoms with Gasteiger partial charge in [-0.05, 0) is 30.7 Å². The molecule has 0 aliphatic carbocycles. The summed E-state index contributed by atoms with van der Waals surface area (Å²) in [6, 6.07) is 4.86. The number of halogens is 1. The predicted molar refractivity (Wildman–Crippen MR) is 69.8 cm³/mol. The summed E-state index contributed by atoms with van der Waals surface area (Å²) < 4.78 is 39.0. The third kappa shape index (κ3) is 3.20. The summed E-state index contributed by atoms with van der Waals surface area (Å²) in [6.45, 7) is 2.74. The van der Waals surface area contributed by atoms with Crippen LogP contribution >= 0.6 is 0 Å². The summed E-state index contributed by atoms with van der Waals surface area (Å²) in [5.74, 6) is -0.575. The molecule has 0 N–H and O–H groups in total. The zero-order valence-corrected chi connectivity index (χ0v) is 11.4. The Hall–Kier alpha value is -1.69. The van der Waals surface area contributed by atoms with Crippen molar-refractivity contribution in [3.8, 4) is 0 Å². The van der Waals surface area contributed by atoms with Crippen LogP contribution in [0.5, 0.6) is 0 Å². The Labute approximate surface area is 111 Å². The molecule has 102 valence electrons. The van der Waals surface area contributed by atoms with Crippen LogP contribution in [0.1, 0.15) is 19.0 Å². The highest BCUT2D eigenvalue weighted by Gasteiger charge is 2.17. The van der Waals surface area contributed by atoms with Crippen LogP contribution in [0, 0.1) is 5.82 Å². The number of benzene rings is 1. The number of hydrogen-bond acceptors (Lipinski definition) is 3. The highest BCUT2D eigenvalue weighted by Crippen LogP contribution is 2.17. The molecule has 0 bridgehead atoms. The number of imidazole rings is 1. The third-order valence-electron chi connectivity index (χ3n) is 2.77. The molecule has 0 saturated heterocycles. The van der Waals surface area contributed by atoms with Gasteiger partial charge in [0.2, 0.25) is 0 Å². The van der Waals surface area contributed by atoms with Gasteiger partial charge in [0.1, 0.15) is 5.82 Å². The molecule has 0 aliphatic rings. The fraction of sp³-hybridized carbons (Fsp3) is 0.308. The highest BCUT2D eigenvalue weighted by molar-refractivity contribution is 7.90. The molecule has 0 radical (unpaired) electrons. The second kappa shape index (κ2) is 5.52. The maximum Gasteiger partial charge on any atom is 0.184 e. The van der Waals surface area contributed by atoms with Crippen LogP contribution < -0.4 is 0 Å². The van der Waals surface area contributed by atoms with E-state index in [0.717, 1.165) is 25.1 Å². The number of aromatic nitrogens is 2. The zero-order chi connectivity index (χ0) is 13.9. The first-order chi connectivity index (χ1) is 9.03. The molecule has 0 saturated carbocycles. The number of nitrogens with zero attached hydrogens (tertiary/aromatic N) is 2. The molecule has 1 heterocycles. The molecule has 6 heteroatoms. The number of rotatable bonds is 5. The van der Waals surface area contributed by atoms with Gasteiger partial charge >= 0.3 is 0 Å². The Balaban J connectivity index is 2.26. The summed E-state index contributed by atoms with van der Waals surface area (Å²) in [5.41, 5.74) is 0.645. The summed E-state index contributed by atoms with van der Waals surface area (Å²) in [4.78, 5) is 4.09. The van der Waals surface area contributed by atoms with Gasteiger partial charge in [0, 0.05) is 12.7 Å². The van der Waals surface area contributed by atoms with Crippen LogP contribution in [-0.4, -0.2) is 18.0 Å². The SMILES string of the molecule is CCCn1cncc1CS(=O)(=O)c1ccc(F)cc1. The molecule has 0 fully saturated rings. The van der Waals surface area contributed by atoms with E-state index in [9.17, 15) is 12.8 Å². The molecule has 2 rings (SSSR count). The van der Waals surface area contributed by atoms with Crippen molar-refractivity contribution in [1.29, 1.82) is 0 Å². The van der Waals surface area contributed by atoms with E-state index in [0.29, 0.717) is 5.69 Å². The molecule has 4 nitrogen and oxygen atoms in total. The summed E-state index contributed by atoms with van der Waals surface area (Å²) in [7, 11) is -3.47. The zero-order valence-electron chi connectivity index (χ0n) is 10.6. The molecular formula is C13H15FN2O2S. The Bertz CT molecular complexity index is 648. The maximum atomic E-state index is 12.8. The summed E-state index contributed by atoms with van der Waals surface area (Å²) in [5, 5.41) is 0. The Morgan fingerprint density at radius 3 is 2.58 bits per heavy atom. The van der Waals surface area contributed by atoms with Crippen molar-refractivity contribution in [2.75, 3.05) is 0 Å². The van der Waals surface area contributed by atoms with E-state index in [4.69, 9.17) is 0 Å². The van der Waals surface area contributed by atoms with Crippen LogP contribution in [0.25, 0.3) is 0 Å². The number of hydrogen-bond donors (Lipinski definition) is 0. The highest BCUT2D eigenvalue weighted by atomic mass is 32.2. The van der Waals surface area contributed by atoms with Crippen molar-refractivity contribution in [1.82, 2.24) is 9.55 Å². The standard InChI is InChI=1S/C13H15FN2O2S/c1-2-7-16-10-15-8-12(16)9-19(17,18)13-5-3-11(14)4-6-13/h3-6,8,10H,2,7,9H2,1H3. The minimum absolute atomic E-state index is 0.123. The lowest BCUT2D eigenvalue weighted by Crippen LogP contribution is -2.09. The minimum atomic E-state index is -3.47. The van der Waals surface area contributed by atoms with Gasteiger partial charge in [0.15, 0.2) is 9.84 Å². The van der Waals surface area contributed by atoms with Crippen LogP contribution in [-0.2, 0) is 22.1 Å². The van der Waals surface area contributed by atoms with Crippen LogP contribution in [0.4, 0.5) is 4.39 Å². The quantitative estimate of drug-likeness (QED) is 0.791. The lowest BCUT2D eigenvalue weighted by molar-refractivity contribution is 0.588. The van der Waals surface area contributed by atoms with Gasteiger partial charge < -0.3 is 4.57 Å². The second-order valence-corrected chi connectivity index (χ2v) is 6.28. The van der Waals surface area contributed by atoms with Gasteiger partial charge in [-0.2, -0.15) is 0 Å². The van der Waals surface area contributed by atoms with Crippen LogP contribution in [0.2, 0.25) is 0 Å². The van der Waals surface area contributed by atoms with E-state index < -0.39 is 15.7 Å². The molecule has 0 aliphatic heterocycles. The summed E-state index contributed by atoms with van der Waals surface area (Å²) in [6.07, 6.45) is 4.08. The van der Waals surface area contributed by atoms with Crippen molar-refractivity contribution in [3.05, 3.63) is 48.3 Å². The van der Waals surface area contributed by atoms with E-state index >= 15 is 0 Å². The van der Waals surface area contributed by atoms with E-state index in [1.807, 2.05) is 11.5 Å². The molecule has 0 amide bonds. The van der Waals surface area contributed by atoms with Crippen molar-refractivity contribution < 1.29 is 12.8 Å². The van der Waals surface area contributed by atoms with E-state index in [1.165, 1.54) is 12.1 Å². The molecule has 1 aromatic carbocycles. The second-order valence-electron chi connectivity index (χ2n) is 4.29. The largest absolute Gasteiger partial charge is 0.334 e. The summed E-state index contributed by atoms with van der Waals surface area (Å²) >= 11 is 0. The lowest BCUT2D eigenvalue weighted by Gasteiger charge is -2.07. The van der Waals surface area contributed by atoms with Gasteiger partial charge in [-0.3, -0.25) is 0 Å². The maximum absolute atomic E-state index is 12.8. The third-order valence-corrected chi connectivity index (χ3v) is 4.44. The molecule has 0 atom stereocenters. The fourth-order valence-corrected chi connectivity index (χ4v) is 3.18. The average molecular weight is 282 g/mol. The van der Waals surface area contributed by atoms with Crippen molar-refractivity contribution in [3.63, 3.8) is 0 Å². The molecule has 2 aromatic rings. The van der Waals surface area contributed by atoms with E-state index in [-0.39, 0.29) is 10.6 Å². The van der Waals surface area contributed by atoms with E-state index in [2.05, 4.69) is 4.98 Å². The van der Waals surface area contributed by atoms with Gasteiger partial charge in [-0.25, -0.2) is 17.8 Å². The lowest BCUT2D eigenvalue weighted by atomic mass is 10.4. The smallest absolute Gasteiger partial charge is 0.184 e. The van der Waals surface area contributed by atoms with Gasteiger partial charge in [0.05, 0.1) is 22.7 Å². The Kier molecular flexibility index (Phi) is 3.99. The first-order valence-corrected chi connectivity index (χ1v) is 7.65. The molecule has 0 unspecified atom stereocenters. The monoisotopic (exact) mass is 282 g/mol. The molecular weight excluding hydrogens is 267 g/mol. The van der Waals surface area contributed by atoms with E-state index in [1.54, 1.807) is 12.5 Å². The number of aryl methyl sites for hydroxylation is 1.